The van der Waals surface area contributed by atoms with Gasteiger partial charge in [0, 0.05) is 25.0 Å². The van der Waals surface area contributed by atoms with Crippen LogP contribution in [0.5, 0.6) is 11.5 Å². The SMILES string of the molecule is Cc1nc(C(=O)Nc2ccc(Oc3ccncc3)cc2)co1. The van der Waals surface area contributed by atoms with E-state index >= 15 is 0 Å². The number of nitrogens with one attached hydrogen (secondary N) is 1. The van der Waals surface area contributed by atoms with E-state index in [1.54, 1.807) is 55.7 Å². The average Bonchev–Trinajstić information content (AvgIpc) is 2.97. The summed E-state index contributed by atoms with van der Waals surface area (Å²) in [5.41, 5.74) is 0.891. The predicted octanol–water partition coefficient (Wildman–Crippen LogP) is 3.42. The van der Waals surface area contributed by atoms with Crippen molar-refractivity contribution in [2.75, 3.05) is 5.32 Å². The van der Waals surface area contributed by atoms with Crippen LogP contribution in [0.2, 0.25) is 0 Å². The van der Waals surface area contributed by atoms with Gasteiger partial charge in [0.2, 0.25) is 0 Å². The van der Waals surface area contributed by atoms with Crippen LogP contribution < -0.4 is 10.1 Å². The first-order valence-corrected chi connectivity index (χ1v) is 6.62. The molecule has 6 nitrogen and oxygen atoms in total. The van der Waals surface area contributed by atoms with Crippen molar-refractivity contribution < 1.29 is 13.9 Å². The van der Waals surface area contributed by atoms with Gasteiger partial charge in [-0.25, -0.2) is 4.98 Å². The predicted molar refractivity (Wildman–Crippen MR) is 79.9 cm³/mol. The molecule has 1 aromatic carbocycles. The summed E-state index contributed by atoms with van der Waals surface area (Å²) in [5.74, 6) is 1.50. The number of benzene rings is 1. The van der Waals surface area contributed by atoms with Gasteiger partial charge in [-0.15, -0.1) is 0 Å². The maximum Gasteiger partial charge on any atom is 0.277 e. The third-order valence-corrected chi connectivity index (χ3v) is 2.85. The van der Waals surface area contributed by atoms with Crippen molar-refractivity contribution in [2.45, 2.75) is 6.92 Å². The molecule has 2 aromatic heterocycles. The Labute approximate surface area is 126 Å². The van der Waals surface area contributed by atoms with Crippen LogP contribution in [-0.4, -0.2) is 15.9 Å². The lowest BCUT2D eigenvalue weighted by atomic mass is 10.3. The van der Waals surface area contributed by atoms with Gasteiger partial charge >= 0.3 is 0 Å². The van der Waals surface area contributed by atoms with Crippen molar-refractivity contribution in [3.05, 3.63) is 66.6 Å². The molecule has 0 saturated carbocycles. The zero-order chi connectivity index (χ0) is 15.4. The summed E-state index contributed by atoms with van der Waals surface area (Å²) >= 11 is 0. The van der Waals surface area contributed by atoms with Gasteiger partial charge in [-0.3, -0.25) is 9.78 Å². The molecule has 0 radical (unpaired) electrons. The zero-order valence-corrected chi connectivity index (χ0v) is 11.8. The molecule has 0 aliphatic rings. The molecule has 3 rings (SSSR count). The Morgan fingerprint density at radius 2 is 1.77 bits per heavy atom. The highest BCUT2D eigenvalue weighted by Crippen LogP contribution is 2.22. The van der Waals surface area contributed by atoms with E-state index in [9.17, 15) is 4.79 Å². The van der Waals surface area contributed by atoms with Gasteiger partial charge in [0.15, 0.2) is 11.6 Å². The number of amides is 1. The first kappa shape index (κ1) is 13.8. The molecule has 1 N–H and O–H groups in total. The Morgan fingerprint density at radius 1 is 1.09 bits per heavy atom. The normalized spacial score (nSPS) is 10.2. The minimum absolute atomic E-state index is 0.245. The molecule has 0 atom stereocenters. The number of aromatic nitrogens is 2. The van der Waals surface area contributed by atoms with Gasteiger partial charge in [-0.2, -0.15) is 0 Å². The molecule has 1 amide bonds. The topological polar surface area (TPSA) is 77.2 Å². The summed E-state index contributed by atoms with van der Waals surface area (Å²) in [5, 5.41) is 2.74. The number of oxazole rings is 1. The van der Waals surface area contributed by atoms with Gasteiger partial charge in [0.05, 0.1) is 0 Å². The van der Waals surface area contributed by atoms with E-state index in [0.717, 1.165) is 0 Å². The molecule has 3 aromatic rings. The van der Waals surface area contributed by atoms with E-state index < -0.39 is 0 Å². The van der Waals surface area contributed by atoms with Gasteiger partial charge in [-0.05, 0) is 36.4 Å². The number of carbonyl (C=O) groups excluding carboxylic acids is 1. The zero-order valence-electron chi connectivity index (χ0n) is 11.8. The van der Waals surface area contributed by atoms with Crippen LogP contribution in [0.4, 0.5) is 5.69 Å². The third-order valence-electron chi connectivity index (χ3n) is 2.85. The summed E-state index contributed by atoms with van der Waals surface area (Å²) in [6.45, 7) is 1.68. The number of ether oxygens (including phenoxy) is 1. The first-order chi connectivity index (χ1) is 10.7. The van der Waals surface area contributed by atoms with Crippen molar-refractivity contribution in [3.63, 3.8) is 0 Å². The highest BCUT2D eigenvalue weighted by Gasteiger charge is 2.10. The summed E-state index contributed by atoms with van der Waals surface area (Å²) in [6.07, 6.45) is 4.64. The van der Waals surface area contributed by atoms with E-state index in [4.69, 9.17) is 9.15 Å². The lowest BCUT2D eigenvalue weighted by Gasteiger charge is -2.07. The number of hydrogen-bond donors (Lipinski definition) is 1. The monoisotopic (exact) mass is 295 g/mol. The third kappa shape index (κ3) is 3.29. The van der Waals surface area contributed by atoms with Gasteiger partial charge in [0.1, 0.15) is 17.8 Å². The Kier molecular flexibility index (Phi) is 3.82. The fourth-order valence-corrected chi connectivity index (χ4v) is 1.81. The number of rotatable bonds is 4. The van der Waals surface area contributed by atoms with Crippen molar-refractivity contribution >= 4 is 11.6 Å². The van der Waals surface area contributed by atoms with E-state index in [0.29, 0.717) is 23.1 Å². The van der Waals surface area contributed by atoms with E-state index in [-0.39, 0.29) is 11.6 Å². The minimum Gasteiger partial charge on any atom is -0.457 e. The summed E-state index contributed by atoms with van der Waals surface area (Å²) in [6, 6.07) is 10.6. The molecule has 0 unspecified atom stereocenters. The number of aryl methyl sites for hydroxylation is 1. The van der Waals surface area contributed by atoms with E-state index in [2.05, 4.69) is 15.3 Å². The molecule has 6 heteroatoms. The van der Waals surface area contributed by atoms with Crippen LogP contribution in [0, 0.1) is 6.92 Å². The van der Waals surface area contributed by atoms with Crippen molar-refractivity contribution in [2.24, 2.45) is 0 Å². The Morgan fingerprint density at radius 3 is 2.41 bits per heavy atom. The standard InChI is InChI=1S/C16H13N3O3/c1-11-18-15(10-21-11)16(20)19-12-2-4-13(5-3-12)22-14-6-8-17-9-7-14/h2-10H,1H3,(H,19,20). The summed E-state index contributed by atoms with van der Waals surface area (Å²) in [7, 11) is 0. The highest BCUT2D eigenvalue weighted by atomic mass is 16.5. The van der Waals surface area contributed by atoms with Gasteiger partial charge in [-0.1, -0.05) is 0 Å². The molecule has 22 heavy (non-hydrogen) atoms. The van der Waals surface area contributed by atoms with Crippen LogP contribution in [0.25, 0.3) is 0 Å². The molecular weight excluding hydrogens is 282 g/mol. The van der Waals surface area contributed by atoms with Gasteiger partial charge in [0.25, 0.3) is 5.91 Å². The smallest absolute Gasteiger partial charge is 0.277 e. The minimum atomic E-state index is -0.320. The van der Waals surface area contributed by atoms with Crippen LogP contribution in [-0.2, 0) is 0 Å². The van der Waals surface area contributed by atoms with Crippen molar-refractivity contribution in [3.8, 4) is 11.5 Å². The van der Waals surface area contributed by atoms with Crippen molar-refractivity contribution in [1.82, 2.24) is 9.97 Å². The number of pyridine rings is 1. The lowest BCUT2D eigenvalue weighted by molar-refractivity contribution is 0.102. The molecule has 0 fully saturated rings. The van der Waals surface area contributed by atoms with Crippen LogP contribution in [0.3, 0.4) is 0 Å². The molecule has 0 aliphatic heterocycles. The van der Waals surface area contributed by atoms with Crippen LogP contribution in [0.1, 0.15) is 16.4 Å². The molecule has 0 aliphatic carbocycles. The number of hydrogen-bond acceptors (Lipinski definition) is 5. The molecule has 2 heterocycles. The lowest BCUT2D eigenvalue weighted by Crippen LogP contribution is -2.12. The fourth-order valence-electron chi connectivity index (χ4n) is 1.81. The number of anilines is 1. The average molecular weight is 295 g/mol. The Hall–Kier alpha value is -3.15. The molecule has 0 bridgehead atoms. The second-order valence-electron chi connectivity index (χ2n) is 4.52. The second-order valence-corrected chi connectivity index (χ2v) is 4.52. The number of carbonyl (C=O) groups is 1. The van der Waals surface area contributed by atoms with E-state index in [1.165, 1.54) is 6.26 Å². The largest absolute Gasteiger partial charge is 0.457 e. The molecule has 0 spiro atoms. The Bertz CT molecular complexity index is 767. The quantitative estimate of drug-likeness (QED) is 0.798. The summed E-state index contributed by atoms with van der Waals surface area (Å²) < 4.78 is 10.7. The molecular formula is C16H13N3O3. The fraction of sp³-hybridized carbons (Fsp3) is 0.0625. The highest BCUT2D eigenvalue weighted by molar-refractivity contribution is 6.02. The van der Waals surface area contributed by atoms with Crippen molar-refractivity contribution in [1.29, 1.82) is 0 Å². The Balaban J connectivity index is 1.65. The number of nitrogens with zero attached hydrogens (tertiary/aromatic N) is 2. The van der Waals surface area contributed by atoms with Gasteiger partial charge < -0.3 is 14.5 Å². The van der Waals surface area contributed by atoms with Crippen LogP contribution in [0.15, 0.2) is 59.5 Å². The maximum absolute atomic E-state index is 11.9. The van der Waals surface area contributed by atoms with Crippen LogP contribution >= 0.6 is 0 Å². The first-order valence-electron chi connectivity index (χ1n) is 6.62. The summed E-state index contributed by atoms with van der Waals surface area (Å²) in [4.78, 5) is 19.8. The van der Waals surface area contributed by atoms with E-state index in [1.807, 2.05) is 0 Å². The maximum atomic E-state index is 11.9. The second kappa shape index (κ2) is 6.09. The molecule has 0 saturated heterocycles. The molecule has 110 valence electrons.